The smallest absolute Gasteiger partial charge is 0.309 e. The van der Waals surface area contributed by atoms with Gasteiger partial charge in [0.1, 0.15) is 5.02 Å². The van der Waals surface area contributed by atoms with Crippen LogP contribution in [0, 0.1) is 15.5 Å². The summed E-state index contributed by atoms with van der Waals surface area (Å²) in [5.74, 6) is -2.44. The van der Waals surface area contributed by atoms with E-state index in [1.165, 1.54) is 12.1 Å². The molecule has 1 aliphatic rings. The molecule has 1 unspecified atom stereocenters. The minimum absolute atomic E-state index is 0.0277. The van der Waals surface area contributed by atoms with Crippen LogP contribution < -0.4 is 0 Å². The molecule has 7 heteroatoms. The third-order valence-electron chi connectivity index (χ3n) is 3.30. The summed E-state index contributed by atoms with van der Waals surface area (Å²) in [4.78, 5) is 21.6. The number of benzene rings is 1. The van der Waals surface area contributed by atoms with Crippen LogP contribution in [0.4, 0.5) is 5.69 Å². The lowest BCUT2D eigenvalue weighted by Crippen LogP contribution is -2.38. The second kappa shape index (κ2) is 4.18. The Morgan fingerprint density at radius 2 is 2.11 bits per heavy atom. The van der Waals surface area contributed by atoms with Gasteiger partial charge in [-0.25, -0.2) is 0 Å². The number of aliphatic hydroxyl groups is 1. The average molecular weight is 286 g/mol. The maximum Gasteiger partial charge on any atom is 0.309 e. The first-order valence-electron chi connectivity index (χ1n) is 5.56. The maximum atomic E-state index is 11.4. The molecule has 0 bridgehead atoms. The molecule has 1 N–H and O–H groups in total. The summed E-state index contributed by atoms with van der Waals surface area (Å²) in [6, 6.07) is 3.84. The molecule has 1 aromatic rings. The number of rotatable bonds is 2. The molecule has 19 heavy (non-hydrogen) atoms. The first kappa shape index (κ1) is 13.8. The van der Waals surface area contributed by atoms with Gasteiger partial charge in [-0.15, -0.1) is 0 Å². The highest BCUT2D eigenvalue weighted by atomic mass is 35.5. The molecular weight excluding hydrogens is 274 g/mol. The second-order valence-corrected chi connectivity index (χ2v) is 5.51. The van der Waals surface area contributed by atoms with E-state index in [1.807, 2.05) is 0 Å². The summed E-state index contributed by atoms with van der Waals surface area (Å²) in [7, 11) is 0. The molecule has 1 fully saturated rings. The Bertz CT molecular complexity index is 571. The minimum Gasteiger partial charge on any atom is -0.428 e. The van der Waals surface area contributed by atoms with Crippen molar-refractivity contribution >= 4 is 23.3 Å². The molecule has 1 aliphatic heterocycles. The van der Waals surface area contributed by atoms with Crippen molar-refractivity contribution < 1.29 is 19.6 Å². The van der Waals surface area contributed by atoms with Crippen LogP contribution in [-0.2, 0) is 15.3 Å². The van der Waals surface area contributed by atoms with Crippen LogP contribution in [0.15, 0.2) is 18.2 Å². The van der Waals surface area contributed by atoms with Crippen LogP contribution in [0.25, 0.3) is 0 Å². The zero-order chi connectivity index (χ0) is 14.4. The van der Waals surface area contributed by atoms with E-state index >= 15 is 0 Å². The number of carbonyl (C=O) groups excluding carboxylic acids is 1. The Kier molecular flexibility index (Phi) is 3.03. The van der Waals surface area contributed by atoms with Crippen molar-refractivity contribution in [3.8, 4) is 0 Å². The SMILES string of the molecule is CC1(C)CC(=O)OC1(O)c1ccc(Cl)c([N+](=O)[O-])c1. The number of nitrogens with zero attached hydrogens (tertiary/aromatic N) is 1. The number of hydrogen-bond acceptors (Lipinski definition) is 5. The molecule has 0 spiro atoms. The molecular formula is C12H12ClNO5. The van der Waals surface area contributed by atoms with Gasteiger partial charge in [-0.1, -0.05) is 31.5 Å². The van der Waals surface area contributed by atoms with Crippen molar-refractivity contribution in [2.45, 2.75) is 26.1 Å². The van der Waals surface area contributed by atoms with Crippen molar-refractivity contribution in [1.29, 1.82) is 0 Å². The molecule has 0 radical (unpaired) electrons. The fraction of sp³-hybridized carbons (Fsp3) is 0.417. The van der Waals surface area contributed by atoms with Gasteiger partial charge in [0.2, 0.25) is 5.79 Å². The Morgan fingerprint density at radius 3 is 2.58 bits per heavy atom. The second-order valence-electron chi connectivity index (χ2n) is 5.10. The largest absolute Gasteiger partial charge is 0.428 e. The van der Waals surface area contributed by atoms with Gasteiger partial charge in [-0.3, -0.25) is 14.9 Å². The number of esters is 1. The summed E-state index contributed by atoms with van der Waals surface area (Å²) in [6.45, 7) is 3.30. The van der Waals surface area contributed by atoms with E-state index in [4.69, 9.17) is 16.3 Å². The van der Waals surface area contributed by atoms with Crippen LogP contribution in [0.5, 0.6) is 0 Å². The number of carbonyl (C=O) groups is 1. The Hall–Kier alpha value is -1.66. The van der Waals surface area contributed by atoms with Crippen LogP contribution in [0.1, 0.15) is 25.8 Å². The van der Waals surface area contributed by atoms with Crippen LogP contribution >= 0.6 is 11.6 Å². The molecule has 1 saturated heterocycles. The van der Waals surface area contributed by atoms with E-state index < -0.39 is 22.1 Å². The molecule has 0 aliphatic carbocycles. The van der Waals surface area contributed by atoms with E-state index in [-0.39, 0.29) is 22.7 Å². The lowest BCUT2D eigenvalue weighted by Gasteiger charge is -2.33. The molecule has 102 valence electrons. The van der Waals surface area contributed by atoms with E-state index in [9.17, 15) is 20.0 Å². The van der Waals surface area contributed by atoms with Gasteiger partial charge in [0.05, 0.1) is 11.3 Å². The zero-order valence-corrected chi connectivity index (χ0v) is 11.1. The standard InChI is InChI=1S/C12H12ClNO5/c1-11(2)6-10(15)19-12(11,16)7-3-4-8(13)9(5-7)14(17)18/h3-5,16H,6H2,1-2H3. The van der Waals surface area contributed by atoms with Crippen molar-refractivity contribution in [1.82, 2.24) is 0 Å². The predicted molar refractivity (Wildman–Crippen MR) is 66.5 cm³/mol. The van der Waals surface area contributed by atoms with Crippen LogP contribution in [0.2, 0.25) is 5.02 Å². The van der Waals surface area contributed by atoms with Crippen molar-refractivity contribution in [3.63, 3.8) is 0 Å². The van der Waals surface area contributed by atoms with Gasteiger partial charge in [0, 0.05) is 17.0 Å². The zero-order valence-electron chi connectivity index (χ0n) is 10.3. The number of ether oxygens (including phenoxy) is 1. The lowest BCUT2D eigenvalue weighted by molar-refractivity contribution is -0.385. The number of cyclic esters (lactones) is 1. The lowest BCUT2D eigenvalue weighted by atomic mass is 9.79. The Labute approximate surface area is 114 Å². The Morgan fingerprint density at radius 1 is 1.47 bits per heavy atom. The van der Waals surface area contributed by atoms with Crippen LogP contribution in [0.3, 0.4) is 0 Å². The van der Waals surface area contributed by atoms with Gasteiger partial charge in [0.15, 0.2) is 0 Å². The first-order valence-corrected chi connectivity index (χ1v) is 5.94. The molecule has 2 rings (SSSR count). The molecule has 0 aromatic heterocycles. The molecule has 1 aromatic carbocycles. The first-order chi connectivity index (χ1) is 8.67. The fourth-order valence-electron chi connectivity index (χ4n) is 2.13. The van der Waals surface area contributed by atoms with Crippen molar-refractivity contribution in [2.24, 2.45) is 5.41 Å². The van der Waals surface area contributed by atoms with Gasteiger partial charge < -0.3 is 9.84 Å². The van der Waals surface area contributed by atoms with E-state index in [1.54, 1.807) is 13.8 Å². The topological polar surface area (TPSA) is 89.7 Å². The summed E-state index contributed by atoms with van der Waals surface area (Å²) >= 11 is 5.71. The maximum absolute atomic E-state index is 11.4. The quantitative estimate of drug-likeness (QED) is 0.512. The summed E-state index contributed by atoms with van der Waals surface area (Å²) in [5.41, 5.74) is -1.09. The van der Waals surface area contributed by atoms with Gasteiger partial charge in [0.25, 0.3) is 5.69 Å². The van der Waals surface area contributed by atoms with Gasteiger partial charge >= 0.3 is 5.97 Å². The highest BCUT2D eigenvalue weighted by molar-refractivity contribution is 6.32. The van der Waals surface area contributed by atoms with Gasteiger partial charge in [-0.05, 0) is 6.07 Å². The number of hydrogen-bond donors (Lipinski definition) is 1. The summed E-state index contributed by atoms with van der Waals surface area (Å²) in [5, 5.41) is 21.4. The fourth-order valence-corrected chi connectivity index (χ4v) is 2.32. The molecule has 1 heterocycles. The van der Waals surface area contributed by atoms with E-state index in [2.05, 4.69) is 0 Å². The van der Waals surface area contributed by atoms with Crippen molar-refractivity contribution in [2.75, 3.05) is 0 Å². The monoisotopic (exact) mass is 285 g/mol. The third-order valence-corrected chi connectivity index (χ3v) is 3.62. The minimum atomic E-state index is -1.89. The summed E-state index contributed by atoms with van der Waals surface area (Å²) < 4.78 is 4.98. The van der Waals surface area contributed by atoms with Crippen molar-refractivity contribution in [3.05, 3.63) is 38.9 Å². The molecule has 1 atom stereocenters. The number of nitro groups is 1. The number of nitro benzene ring substituents is 1. The van der Waals surface area contributed by atoms with Crippen LogP contribution in [-0.4, -0.2) is 16.0 Å². The third kappa shape index (κ3) is 2.06. The average Bonchev–Trinajstić information content (AvgIpc) is 2.48. The highest BCUT2D eigenvalue weighted by Gasteiger charge is 2.55. The van der Waals surface area contributed by atoms with E-state index in [0.29, 0.717) is 0 Å². The molecule has 6 nitrogen and oxygen atoms in total. The van der Waals surface area contributed by atoms with Gasteiger partial charge in [-0.2, -0.15) is 0 Å². The van der Waals surface area contributed by atoms with E-state index in [0.717, 1.165) is 6.07 Å². The molecule has 0 amide bonds. The highest BCUT2D eigenvalue weighted by Crippen LogP contribution is 2.49. The number of halogens is 1. The predicted octanol–water partition coefficient (Wildman–Crippen LogP) is 2.37. The molecule has 0 saturated carbocycles. The normalized spacial score (nSPS) is 25.2. The Balaban J connectivity index is 2.56. The summed E-state index contributed by atoms with van der Waals surface area (Å²) in [6.07, 6.45) is 0.0277.